The number of ether oxygens (including phenoxy) is 3. The van der Waals surface area contributed by atoms with Crippen molar-refractivity contribution in [3.63, 3.8) is 0 Å². The van der Waals surface area contributed by atoms with Gasteiger partial charge in [0.2, 0.25) is 6.79 Å². The van der Waals surface area contributed by atoms with Crippen LogP contribution in [0.3, 0.4) is 0 Å². The summed E-state index contributed by atoms with van der Waals surface area (Å²) >= 11 is 0. The number of benzene rings is 1. The van der Waals surface area contributed by atoms with Crippen LogP contribution in [0.2, 0.25) is 0 Å². The number of rotatable bonds is 3. The highest BCUT2D eigenvalue weighted by Crippen LogP contribution is 2.32. The van der Waals surface area contributed by atoms with Crippen LogP contribution in [0.1, 0.15) is 10.4 Å². The Hall–Kier alpha value is -1.79. The molecule has 20 heavy (non-hydrogen) atoms. The van der Waals surface area contributed by atoms with Gasteiger partial charge >= 0.3 is 0 Å². The fraction of sp³-hybridized carbons (Fsp3) is 0.500. The lowest BCUT2D eigenvalue weighted by atomic mass is 10.1. The molecule has 1 saturated heterocycles. The van der Waals surface area contributed by atoms with Crippen LogP contribution in [0.5, 0.6) is 11.5 Å². The van der Waals surface area contributed by atoms with Gasteiger partial charge in [-0.05, 0) is 18.2 Å². The van der Waals surface area contributed by atoms with Crippen LogP contribution in [-0.4, -0.2) is 57.0 Å². The van der Waals surface area contributed by atoms with E-state index < -0.39 is 0 Å². The molecular weight excluding hydrogens is 260 g/mol. The van der Waals surface area contributed by atoms with Crippen LogP contribution in [0.25, 0.3) is 0 Å². The molecule has 1 atom stereocenters. The molecule has 3 rings (SSSR count). The average molecular weight is 278 g/mol. The van der Waals surface area contributed by atoms with Crippen molar-refractivity contribution < 1.29 is 19.0 Å². The largest absolute Gasteiger partial charge is 0.454 e. The lowest BCUT2D eigenvalue weighted by molar-refractivity contribution is 0.0104. The van der Waals surface area contributed by atoms with E-state index in [2.05, 4.69) is 5.32 Å². The summed E-state index contributed by atoms with van der Waals surface area (Å²) in [6.45, 7) is 3.12. The predicted molar refractivity (Wildman–Crippen MR) is 72.1 cm³/mol. The van der Waals surface area contributed by atoms with Gasteiger partial charge < -0.3 is 24.4 Å². The molecule has 6 nitrogen and oxygen atoms in total. The number of nitrogens with one attached hydrogen (secondary N) is 1. The summed E-state index contributed by atoms with van der Waals surface area (Å²) in [5.74, 6) is 1.27. The quantitative estimate of drug-likeness (QED) is 0.871. The molecule has 1 aromatic carbocycles. The molecule has 0 saturated carbocycles. The van der Waals surface area contributed by atoms with E-state index in [0.717, 1.165) is 13.1 Å². The number of nitrogens with zero attached hydrogens (tertiary/aromatic N) is 1. The number of carbonyl (C=O) groups excluding carboxylic acids is 1. The highest BCUT2D eigenvalue weighted by Gasteiger charge is 2.21. The molecular formula is C14H18N2O4. The van der Waals surface area contributed by atoms with Gasteiger partial charge in [-0.25, -0.2) is 0 Å². The smallest absolute Gasteiger partial charge is 0.253 e. The second-order valence-electron chi connectivity index (χ2n) is 4.95. The summed E-state index contributed by atoms with van der Waals surface area (Å²) in [4.78, 5) is 14.0. The van der Waals surface area contributed by atoms with E-state index in [4.69, 9.17) is 14.2 Å². The third-order valence-electron chi connectivity index (χ3n) is 3.45. The maximum atomic E-state index is 12.4. The first kappa shape index (κ1) is 13.2. The SMILES string of the molecule is CN(CC1CNCCO1)C(=O)c1ccc2c(c1)OCO2. The first-order chi connectivity index (χ1) is 9.74. The van der Waals surface area contributed by atoms with Crippen LogP contribution in [0.15, 0.2) is 18.2 Å². The van der Waals surface area contributed by atoms with Crippen molar-refractivity contribution in [2.45, 2.75) is 6.10 Å². The van der Waals surface area contributed by atoms with Gasteiger partial charge in [0, 0.05) is 32.2 Å². The first-order valence-electron chi connectivity index (χ1n) is 6.71. The van der Waals surface area contributed by atoms with E-state index >= 15 is 0 Å². The van der Waals surface area contributed by atoms with Crippen molar-refractivity contribution in [2.24, 2.45) is 0 Å². The standard InChI is InChI=1S/C14H18N2O4/c1-16(8-11-7-15-4-5-18-11)14(17)10-2-3-12-13(6-10)20-9-19-12/h2-3,6,11,15H,4-5,7-9H2,1H3. The molecule has 1 fully saturated rings. The van der Waals surface area contributed by atoms with Crippen LogP contribution in [0, 0.1) is 0 Å². The molecule has 2 heterocycles. The maximum Gasteiger partial charge on any atom is 0.253 e. The summed E-state index contributed by atoms with van der Waals surface area (Å²) in [5.41, 5.74) is 0.598. The van der Waals surface area contributed by atoms with Crippen molar-refractivity contribution in [1.29, 1.82) is 0 Å². The fourth-order valence-corrected chi connectivity index (χ4v) is 2.38. The number of fused-ring (bicyclic) bond motifs is 1. The van der Waals surface area contributed by atoms with E-state index in [0.29, 0.717) is 30.2 Å². The monoisotopic (exact) mass is 278 g/mol. The molecule has 0 radical (unpaired) electrons. The zero-order chi connectivity index (χ0) is 13.9. The number of likely N-dealkylation sites (N-methyl/N-ethyl adjacent to an activating group) is 1. The number of morpholine rings is 1. The molecule has 0 bridgehead atoms. The van der Waals surface area contributed by atoms with Gasteiger partial charge in [-0.1, -0.05) is 0 Å². The van der Waals surface area contributed by atoms with Crippen molar-refractivity contribution in [2.75, 3.05) is 40.1 Å². The van der Waals surface area contributed by atoms with Gasteiger partial charge in [0.1, 0.15) is 0 Å². The van der Waals surface area contributed by atoms with E-state index in [1.807, 2.05) is 0 Å². The van der Waals surface area contributed by atoms with E-state index in [1.165, 1.54) is 0 Å². The molecule has 0 aliphatic carbocycles. The fourth-order valence-electron chi connectivity index (χ4n) is 2.38. The van der Waals surface area contributed by atoms with Gasteiger partial charge in [-0.15, -0.1) is 0 Å². The minimum absolute atomic E-state index is 0.0440. The summed E-state index contributed by atoms with van der Waals surface area (Å²) in [6.07, 6.45) is 0.0479. The second kappa shape index (κ2) is 5.68. The Kier molecular flexibility index (Phi) is 3.75. The summed E-state index contributed by atoms with van der Waals surface area (Å²) in [6, 6.07) is 5.25. The lowest BCUT2D eigenvalue weighted by Crippen LogP contribution is -2.45. The van der Waals surface area contributed by atoms with Crippen molar-refractivity contribution >= 4 is 5.91 Å². The zero-order valence-electron chi connectivity index (χ0n) is 11.4. The van der Waals surface area contributed by atoms with Gasteiger partial charge in [0.05, 0.1) is 12.7 Å². The van der Waals surface area contributed by atoms with Crippen LogP contribution in [-0.2, 0) is 4.74 Å². The predicted octanol–water partition coefficient (Wildman–Crippen LogP) is 0.476. The Morgan fingerprint density at radius 3 is 3.05 bits per heavy atom. The number of hydrogen-bond acceptors (Lipinski definition) is 5. The summed E-state index contributed by atoms with van der Waals surface area (Å²) in [7, 11) is 1.78. The molecule has 1 N–H and O–H groups in total. The minimum atomic E-state index is -0.0440. The Balaban J connectivity index is 1.65. The molecule has 1 unspecified atom stereocenters. The lowest BCUT2D eigenvalue weighted by Gasteiger charge is -2.28. The van der Waals surface area contributed by atoms with Gasteiger partial charge in [0.15, 0.2) is 11.5 Å². The third-order valence-corrected chi connectivity index (χ3v) is 3.45. The normalized spacial score (nSPS) is 20.8. The maximum absolute atomic E-state index is 12.4. The number of hydrogen-bond donors (Lipinski definition) is 1. The van der Waals surface area contributed by atoms with Crippen molar-refractivity contribution in [3.05, 3.63) is 23.8 Å². The molecule has 2 aliphatic heterocycles. The Morgan fingerprint density at radius 2 is 2.25 bits per heavy atom. The average Bonchev–Trinajstić information content (AvgIpc) is 2.94. The van der Waals surface area contributed by atoms with Gasteiger partial charge in [0.25, 0.3) is 5.91 Å². The van der Waals surface area contributed by atoms with Crippen LogP contribution >= 0.6 is 0 Å². The van der Waals surface area contributed by atoms with Crippen LogP contribution < -0.4 is 14.8 Å². The highest BCUT2D eigenvalue weighted by atomic mass is 16.7. The van der Waals surface area contributed by atoms with E-state index in [9.17, 15) is 4.79 Å². The summed E-state index contributed by atoms with van der Waals surface area (Å²) < 4.78 is 16.1. The molecule has 2 aliphatic rings. The summed E-state index contributed by atoms with van der Waals surface area (Å²) in [5, 5.41) is 3.25. The van der Waals surface area contributed by atoms with E-state index in [-0.39, 0.29) is 18.8 Å². The van der Waals surface area contributed by atoms with Crippen molar-refractivity contribution in [3.8, 4) is 11.5 Å². The molecule has 6 heteroatoms. The van der Waals surface area contributed by atoms with Crippen LogP contribution in [0.4, 0.5) is 0 Å². The van der Waals surface area contributed by atoms with Crippen molar-refractivity contribution in [1.82, 2.24) is 10.2 Å². The third kappa shape index (κ3) is 2.71. The first-order valence-corrected chi connectivity index (χ1v) is 6.71. The number of amides is 1. The minimum Gasteiger partial charge on any atom is -0.454 e. The zero-order valence-corrected chi connectivity index (χ0v) is 11.4. The Labute approximate surface area is 117 Å². The van der Waals surface area contributed by atoms with Gasteiger partial charge in [-0.3, -0.25) is 4.79 Å². The second-order valence-corrected chi connectivity index (χ2v) is 4.95. The Morgan fingerprint density at radius 1 is 1.40 bits per heavy atom. The topological polar surface area (TPSA) is 60.0 Å². The molecule has 0 aromatic heterocycles. The molecule has 1 aromatic rings. The molecule has 0 spiro atoms. The number of carbonyl (C=O) groups is 1. The molecule has 108 valence electrons. The molecule has 1 amide bonds. The Bertz CT molecular complexity index is 500. The van der Waals surface area contributed by atoms with Gasteiger partial charge in [-0.2, -0.15) is 0 Å². The highest BCUT2D eigenvalue weighted by molar-refractivity contribution is 5.94. The van der Waals surface area contributed by atoms with E-state index in [1.54, 1.807) is 30.1 Å².